The molecule has 2 heterocycles. The highest BCUT2D eigenvalue weighted by Gasteiger charge is 2.30. The minimum atomic E-state index is 0.309. The predicted molar refractivity (Wildman–Crippen MR) is 90.4 cm³/mol. The first-order chi connectivity index (χ1) is 10.2. The Morgan fingerprint density at radius 2 is 2.19 bits per heavy atom. The molecule has 21 heavy (non-hydrogen) atoms. The first-order valence-electron chi connectivity index (χ1n) is 8.21. The lowest BCUT2D eigenvalue weighted by Gasteiger charge is -2.39. The summed E-state index contributed by atoms with van der Waals surface area (Å²) in [5, 5.41) is 4.31. The van der Waals surface area contributed by atoms with Crippen molar-refractivity contribution in [1.29, 1.82) is 0 Å². The van der Waals surface area contributed by atoms with E-state index in [1.165, 1.54) is 37.2 Å². The van der Waals surface area contributed by atoms with E-state index in [0.717, 1.165) is 30.7 Å². The Hall–Kier alpha value is -0.770. The van der Waals surface area contributed by atoms with Gasteiger partial charge in [-0.2, -0.15) is 0 Å². The zero-order chi connectivity index (χ0) is 14.8. The predicted octanol–water partition coefficient (Wildman–Crippen LogP) is 3.29. The number of hydrogen-bond donors (Lipinski definition) is 1. The Morgan fingerprint density at radius 1 is 1.33 bits per heavy atom. The molecule has 0 spiro atoms. The largest absolute Gasteiger partial charge is 0.369 e. The number of anilines is 1. The fourth-order valence-corrected chi connectivity index (χ4v) is 4.04. The summed E-state index contributed by atoms with van der Waals surface area (Å²) in [5.74, 6) is 0. The van der Waals surface area contributed by atoms with Gasteiger partial charge in [0.05, 0.1) is 0 Å². The molecule has 2 unspecified atom stereocenters. The maximum absolute atomic E-state index is 6.51. The number of halogens is 1. The fourth-order valence-electron chi connectivity index (χ4n) is 3.71. The number of nitrogens with zero attached hydrogens (tertiary/aromatic N) is 2. The topological polar surface area (TPSA) is 18.5 Å². The average molecular weight is 308 g/mol. The molecule has 0 saturated carbocycles. The Balaban J connectivity index is 1.73. The van der Waals surface area contributed by atoms with E-state index in [9.17, 15) is 0 Å². The number of hydrogen-bond acceptors (Lipinski definition) is 3. The van der Waals surface area contributed by atoms with Crippen molar-refractivity contribution in [2.45, 2.75) is 38.8 Å². The Labute approximate surface area is 133 Å². The zero-order valence-electron chi connectivity index (χ0n) is 13.1. The molecule has 0 bridgehead atoms. The van der Waals surface area contributed by atoms with Gasteiger partial charge in [0.15, 0.2) is 0 Å². The van der Waals surface area contributed by atoms with Crippen LogP contribution in [0.15, 0.2) is 18.2 Å². The van der Waals surface area contributed by atoms with E-state index in [1.54, 1.807) is 0 Å². The van der Waals surface area contributed by atoms with Crippen LogP contribution in [-0.4, -0.2) is 43.7 Å². The van der Waals surface area contributed by atoms with Crippen molar-refractivity contribution in [3.8, 4) is 0 Å². The van der Waals surface area contributed by atoms with Gasteiger partial charge >= 0.3 is 0 Å². The molecule has 0 amide bonds. The Kier molecular flexibility index (Phi) is 4.72. The van der Waals surface area contributed by atoms with Crippen LogP contribution >= 0.6 is 11.6 Å². The molecule has 2 atom stereocenters. The van der Waals surface area contributed by atoms with Crippen LogP contribution in [0.25, 0.3) is 0 Å². The smallest absolute Gasteiger partial charge is 0.0474 e. The van der Waals surface area contributed by atoms with Crippen LogP contribution in [0.4, 0.5) is 5.69 Å². The Bertz CT molecular complexity index is 491. The summed E-state index contributed by atoms with van der Waals surface area (Å²) in [5.41, 5.74) is 2.47. The summed E-state index contributed by atoms with van der Waals surface area (Å²) in [4.78, 5) is 5.14. The fraction of sp³-hybridized carbons (Fsp3) is 0.647. The van der Waals surface area contributed by atoms with E-state index in [1.807, 2.05) is 0 Å². The lowest BCUT2D eigenvalue weighted by atomic mass is 10.1. The number of fused-ring (bicyclic) bond motifs is 1. The molecule has 4 heteroatoms. The SMILES string of the molecule is CCNC(C)c1ccc(N2CCN3CCCC3C2)cc1Cl. The van der Waals surface area contributed by atoms with Crippen molar-refractivity contribution in [1.82, 2.24) is 10.2 Å². The van der Waals surface area contributed by atoms with Crippen molar-refractivity contribution >= 4 is 17.3 Å². The number of piperazine rings is 1. The van der Waals surface area contributed by atoms with Gasteiger partial charge in [-0.05, 0) is 50.6 Å². The summed E-state index contributed by atoms with van der Waals surface area (Å²) in [7, 11) is 0. The number of nitrogens with one attached hydrogen (secondary N) is 1. The van der Waals surface area contributed by atoms with Crippen LogP contribution in [0.5, 0.6) is 0 Å². The van der Waals surface area contributed by atoms with Gasteiger partial charge in [0.25, 0.3) is 0 Å². The van der Waals surface area contributed by atoms with E-state index in [2.05, 4.69) is 47.2 Å². The normalized spacial score (nSPS) is 24.1. The maximum Gasteiger partial charge on any atom is 0.0474 e. The molecule has 1 aromatic carbocycles. The highest BCUT2D eigenvalue weighted by atomic mass is 35.5. The van der Waals surface area contributed by atoms with Crippen LogP contribution in [-0.2, 0) is 0 Å². The third-order valence-corrected chi connectivity index (χ3v) is 5.24. The first kappa shape index (κ1) is 15.1. The van der Waals surface area contributed by atoms with Crippen LogP contribution in [0.1, 0.15) is 38.3 Å². The quantitative estimate of drug-likeness (QED) is 0.921. The van der Waals surface area contributed by atoms with Crippen molar-refractivity contribution in [2.75, 3.05) is 37.6 Å². The van der Waals surface area contributed by atoms with Gasteiger partial charge in [-0.15, -0.1) is 0 Å². The second kappa shape index (κ2) is 6.55. The van der Waals surface area contributed by atoms with E-state index in [4.69, 9.17) is 11.6 Å². The number of benzene rings is 1. The van der Waals surface area contributed by atoms with Gasteiger partial charge in [0, 0.05) is 42.4 Å². The van der Waals surface area contributed by atoms with Gasteiger partial charge in [-0.3, -0.25) is 4.90 Å². The molecule has 2 aliphatic heterocycles. The van der Waals surface area contributed by atoms with E-state index < -0.39 is 0 Å². The molecular formula is C17H26ClN3. The molecule has 2 aliphatic rings. The lowest BCUT2D eigenvalue weighted by molar-refractivity contribution is 0.231. The highest BCUT2D eigenvalue weighted by molar-refractivity contribution is 6.31. The third-order valence-electron chi connectivity index (χ3n) is 4.91. The van der Waals surface area contributed by atoms with Crippen LogP contribution in [0.2, 0.25) is 5.02 Å². The molecule has 116 valence electrons. The summed E-state index contributed by atoms with van der Waals surface area (Å²) in [6.45, 7) is 10.0. The molecule has 3 rings (SSSR count). The van der Waals surface area contributed by atoms with E-state index in [0.29, 0.717) is 6.04 Å². The molecule has 2 fully saturated rings. The molecule has 1 N–H and O–H groups in total. The summed E-state index contributed by atoms with van der Waals surface area (Å²) in [6, 6.07) is 7.63. The minimum absolute atomic E-state index is 0.309. The van der Waals surface area contributed by atoms with Crippen LogP contribution in [0.3, 0.4) is 0 Å². The van der Waals surface area contributed by atoms with Gasteiger partial charge in [0.2, 0.25) is 0 Å². The van der Waals surface area contributed by atoms with Crippen molar-refractivity contribution < 1.29 is 0 Å². The summed E-state index contributed by atoms with van der Waals surface area (Å²) < 4.78 is 0. The maximum atomic E-state index is 6.51. The lowest BCUT2D eigenvalue weighted by Crippen LogP contribution is -2.50. The molecular weight excluding hydrogens is 282 g/mol. The van der Waals surface area contributed by atoms with Crippen molar-refractivity contribution in [2.24, 2.45) is 0 Å². The monoisotopic (exact) mass is 307 g/mol. The molecule has 0 aliphatic carbocycles. The molecule has 2 saturated heterocycles. The molecule has 1 aromatic rings. The van der Waals surface area contributed by atoms with Crippen LogP contribution < -0.4 is 10.2 Å². The van der Waals surface area contributed by atoms with Gasteiger partial charge in [0.1, 0.15) is 0 Å². The van der Waals surface area contributed by atoms with Gasteiger partial charge in [-0.25, -0.2) is 0 Å². The summed E-state index contributed by atoms with van der Waals surface area (Å²) >= 11 is 6.51. The summed E-state index contributed by atoms with van der Waals surface area (Å²) in [6.07, 6.45) is 2.71. The second-order valence-electron chi connectivity index (χ2n) is 6.26. The van der Waals surface area contributed by atoms with Gasteiger partial charge in [-0.1, -0.05) is 24.6 Å². The van der Waals surface area contributed by atoms with Gasteiger partial charge < -0.3 is 10.2 Å². The third kappa shape index (κ3) is 3.20. The average Bonchev–Trinajstić information content (AvgIpc) is 2.94. The van der Waals surface area contributed by atoms with Crippen molar-refractivity contribution in [3.05, 3.63) is 28.8 Å². The first-order valence-corrected chi connectivity index (χ1v) is 8.58. The number of rotatable bonds is 4. The minimum Gasteiger partial charge on any atom is -0.369 e. The Morgan fingerprint density at radius 3 is 2.95 bits per heavy atom. The van der Waals surface area contributed by atoms with Crippen LogP contribution in [0, 0.1) is 0 Å². The molecule has 3 nitrogen and oxygen atoms in total. The molecule has 0 radical (unpaired) electrons. The van der Waals surface area contributed by atoms with Crippen molar-refractivity contribution in [3.63, 3.8) is 0 Å². The second-order valence-corrected chi connectivity index (χ2v) is 6.67. The standard InChI is InChI=1S/C17H26ClN3/c1-3-19-13(2)16-7-6-14(11-17(16)18)21-10-9-20-8-4-5-15(20)12-21/h6-7,11,13,15,19H,3-5,8-10,12H2,1-2H3. The molecule has 0 aromatic heterocycles. The van der Waals surface area contributed by atoms with E-state index in [-0.39, 0.29) is 0 Å². The highest BCUT2D eigenvalue weighted by Crippen LogP contribution is 2.30. The van der Waals surface area contributed by atoms with E-state index >= 15 is 0 Å². The zero-order valence-corrected chi connectivity index (χ0v) is 13.9.